The highest BCUT2D eigenvalue weighted by Crippen LogP contribution is 2.16. The molecule has 19 heavy (non-hydrogen) atoms. The van der Waals surface area contributed by atoms with E-state index in [0.717, 1.165) is 0 Å². The standard InChI is InChI=1S/C11H17N3O3S.ClH/c1-11(2,12)10(15)14-8-5-4-6-9(7-8)18(16,17)13-3;/h4-7,13H,12H2,1-3H3,(H,14,15);1H. The van der Waals surface area contributed by atoms with Crippen LogP contribution in [0.3, 0.4) is 0 Å². The number of halogens is 1. The summed E-state index contributed by atoms with van der Waals surface area (Å²) in [5, 5.41) is 2.56. The Morgan fingerprint density at radius 2 is 1.89 bits per heavy atom. The number of carbonyl (C=O) groups excluding carboxylic acids is 1. The number of carbonyl (C=O) groups is 1. The van der Waals surface area contributed by atoms with Gasteiger partial charge in [0.25, 0.3) is 0 Å². The van der Waals surface area contributed by atoms with Crippen LogP contribution in [0, 0.1) is 0 Å². The van der Waals surface area contributed by atoms with Gasteiger partial charge in [0.2, 0.25) is 15.9 Å². The van der Waals surface area contributed by atoms with E-state index in [4.69, 9.17) is 5.73 Å². The molecule has 4 N–H and O–H groups in total. The molecule has 0 atom stereocenters. The molecule has 6 nitrogen and oxygen atoms in total. The van der Waals surface area contributed by atoms with Crippen LogP contribution in [0.25, 0.3) is 0 Å². The number of benzene rings is 1. The quantitative estimate of drug-likeness (QED) is 0.762. The van der Waals surface area contributed by atoms with Crippen molar-refractivity contribution >= 4 is 34.0 Å². The van der Waals surface area contributed by atoms with Crippen LogP contribution in [0.15, 0.2) is 29.2 Å². The molecular formula is C11H18ClN3O3S. The van der Waals surface area contributed by atoms with Crippen LogP contribution in [-0.2, 0) is 14.8 Å². The minimum Gasteiger partial charge on any atom is -0.324 e. The largest absolute Gasteiger partial charge is 0.324 e. The van der Waals surface area contributed by atoms with E-state index in [1.54, 1.807) is 26.0 Å². The number of anilines is 1. The highest BCUT2D eigenvalue weighted by atomic mass is 35.5. The lowest BCUT2D eigenvalue weighted by atomic mass is 10.1. The van der Waals surface area contributed by atoms with Gasteiger partial charge in [0.05, 0.1) is 10.4 Å². The summed E-state index contributed by atoms with van der Waals surface area (Å²) in [6.45, 7) is 3.13. The van der Waals surface area contributed by atoms with Crippen molar-refractivity contribution in [2.45, 2.75) is 24.3 Å². The molecule has 1 amide bonds. The van der Waals surface area contributed by atoms with E-state index in [1.165, 1.54) is 19.2 Å². The maximum atomic E-state index is 11.7. The molecule has 0 fully saturated rings. The van der Waals surface area contributed by atoms with Crippen molar-refractivity contribution in [3.63, 3.8) is 0 Å². The van der Waals surface area contributed by atoms with E-state index in [2.05, 4.69) is 10.0 Å². The maximum absolute atomic E-state index is 11.7. The highest BCUT2D eigenvalue weighted by Gasteiger charge is 2.22. The second kappa shape index (κ2) is 6.33. The van der Waals surface area contributed by atoms with E-state index in [9.17, 15) is 13.2 Å². The fourth-order valence-corrected chi connectivity index (χ4v) is 1.93. The van der Waals surface area contributed by atoms with Gasteiger partial charge >= 0.3 is 0 Å². The van der Waals surface area contributed by atoms with Crippen molar-refractivity contribution in [1.29, 1.82) is 0 Å². The Bertz CT molecular complexity index is 553. The smallest absolute Gasteiger partial charge is 0.243 e. The van der Waals surface area contributed by atoms with Crippen molar-refractivity contribution in [3.05, 3.63) is 24.3 Å². The van der Waals surface area contributed by atoms with Gasteiger partial charge in [-0.05, 0) is 39.1 Å². The van der Waals surface area contributed by atoms with Gasteiger partial charge in [0, 0.05) is 5.69 Å². The summed E-state index contributed by atoms with van der Waals surface area (Å²) < 4.78 is 25.4. The molecule has 0 spiro atoms. The Labute approximate surface area is 119 Å². The van der Waals surface area contributed by atoms with Crippen LogP contribution in [0.5, 0.6) is 0 Å². The lowest BCUT2D eigenvalue weighted by Crippen LogP contribution is -2.45. The summed E-state index contributed by atoms with van der Waals surface area (Å²) in [6.07, 6.45) is 0. The molecule has 1 aromatic carbocycles. The number of amides is 1. The fraction of sp³-hybridized carbons (Fsp3) is 0.364. The molecule has 108 valence electrons. The highest BCUT2D eigenvalue weighted by molar-refractivity contribution is 7.89. The Hall–Kier alpha value is -1.15. The third kappa shape index (κ3) is 4.79. The third-order valence-electron chi connectivity index (χ3n) is 2.26. The number of nitrogens with one attached hydrogen (secondary N) is 2. The zero-order chi connectivity index (χ0) is 14.0. The topological polar surface area (TPSA) is 101 Å². The molecule has 0 aliphatic rings. The molecule has 8 heteroatoms. The van der Waals surface area contributed by atoms with E-state index >= 15 is 0 Å². The summed E-state index contributed by atoms with van der Waals surface area (Å²) in [4.78, 5) is 11.7. The number of hydrogen-bond acceptors (Lipinski definition) is 4. The summed E-state index contributed by atoms with van der Waals surface area (Å²) in [5.41, 5.74) is 4.99. The van der Waals surface area contributed by atoms with Crippen molar-refractivity contribution < 1.29 is 13.2 Å². The first kappa shape index (κ1) is 17.8. The first-order chi connectivity index (χ1) is 8.16. The van der Waals surface area contributed by atoms with Crippen molar-refractivity contribution in [2.24, 2.45) is 5.73 Å². The van der Waals surface area contributed by atoms with Gasteiger partial charge < -0.3 is 11.1 Å². The summed E-state index contributed by atoms with van der Waals surface area (Å²) in [5.74, 6) is -0.387. The summed E-state index contributed by atoms with van der Waals surface area (Å²) >= 11 is 0. The van der Waals surface area contributed by atoms with Crippen LogP contribution in [0.1, 0.15) is 13.8 Å². The van der Waals surface area contributed by atoms with Crippen molar-refractivity contribution in [2.75, 3.05) is 12.4 Å². The number of rotatable bonds is 4. The van der Waals surface area contributed by atoms with E-state index in [1.807, 2.05) is 0 Å². The molecule has 0 aliphatic carbocycles. The van der Waals surface area contributed by atoms with Gasteiger partial charge in [0.15, 0.2) is 0 Å². The molecule has 0 bridgehead atoms. The SMILES string of the molecule is CNS(=O)(=O)c1cccc(NC(=O)C(C)(C)N)c1.Cl. The Balaban J connectivity index is 0.00000324. The van der Waals surface area contributed by atoms with Gasteiger partial charge in [-0.25, -0.2) is 13.1 Å². The Morgan fingerprint density at radius 3 is 2.37 bits per heavy atom. The fourth-order valence-electron chi connectivity index (χ4n) is 1.15. The van der Waals surface area contributed by atoms with E-state index in [0.29, 0.717) is 5.69 Å². The molecule has 0 aromatic heterocycles. The second-order valence-corrected chi connectivity index (χ2v) is 6.30. The van der Waals surface area contributed by atoms with Gasteiger partial charge in [0.1, 0.15) is 0 Å². The molecule has 1 rings (SSSR count). The molecule has 0 aliphatic heterocycles. The first-order valence-electron chi connectivity index (χ1n) is 5.31. The molecule has 0 saturated heterocycles. The van der Waals surface area contributed by atoms with Gasteiger partial charge in [-0.1, -0.05) is 6.07 Å². The molecule has 0 saturated carbocycles. The predicted octanol–water partition coefficient (Wildman–Crippen LogP) is 0.692. The van der Waals surface area contributed by atoms with Gasteiger partial charge in [-0.2, -0.15) is 0 Å². The normalized spacial score (nSPS) is 11.6. The van der Waals surface area contributed by atoms with Crippen LogP contribution < -0.4 is 15.8 Å². The van der Waals surface area contributed by atoms with Gasteiger partial charge in [-0.15, -0.1) is 12.4 Å². The van der Waals surface area contributed by atoms with Crippen molar-refractivity contribution in [1.82, 2.24) is 4.72 Å². The molecule has 0 unspecified atom stereocenters. The minimum atomic E-state index is -3.52. The predicted molar refractivity (Wildman–Crippen MR) is 76.8 cm³/mol. The zero-order valence-electron chi connectivity index (χ0n) is 10.9. The summed E-state index contributed by atoms with van der Waals surface area (Å²) in [7, 11) is -2.20. The minimum absolute atomic E-state index is 0. The number of sulfonamides is 1. The first-order valence-corrected chi connectivity index (χ1v) is 6.79. The van der Waals surface area contributed by atoms with Crippen molar-refractivity contribution in [3.8, 4) is 0 Å². The van der Waals surface area contributed by atoms with Crippen LogP contribution >= 0.6 is 12.4 Å². The van der Waals surface area contributed by atoms with E-state index < -0.39 is 15.6 Å². The number of hydrogen-bond donors (Lipinski definition) is 3. The molecule has 0 radical (unpaired) electrons. The summed E-state index contributed by atoms with van der Waals surface area (Å²) in [6, 6.07) is 5.95. The monoisotopic (exact) mass is 307 g/mol. The molecule has 1 aromatic rings. The molecular weight excluding hydrogens is 290 g/mol. The average Bonchev–Trinajstić information content (AvgIpc) is 2.28. The maximum Gasteiger partial charge on any atom is 0.243 e. The third-order valence-corrected chi connectivity index (χ3v) is 3.67. The van der Waals surface area contributed by atoms with Crippen LogP contribution in [-0.4, -0.2) is 26.9 Å². The Morgan fingerprint density at radius 1 is 1.32 bits per heavy atom. The van der Waals surface area contributed by atoms with Crippen LogP contribution in [0.2, 0.25) is 0 Å². The second-order valence-electron chi connectivity index (χ2n) is 4.41. The number of nitrogens with two attached hydrogens (primary N) is 1. The average molecular weight is 308 g/mol. The van der Waals surface area contributed by atoms with E-state index in [-0.39, 0.29) is 23.2 Å². The molecule has 0 heterocycles. The Kier molecular flexibility index (Phi) is 5.95. The van der Waals surface area contributed by atoms with Crippen LogP contribution in [0.4, 0.5) is 5.69 Å². The lowest BCUT2D eigenvalue weighted by Gasteiger charge is -2.18. The lowest BCUT2D eigenvalue weighted by molar-refractivity contribution is -0.120. The van der Waals surface area contributed by atoms with Gasteiger partial charge in [-0.3, -0.25) is 4.79 Å². The zero-order valence-corrected chi connectivity index (χ0v) is 12.6.